The average molecular weight is 315 g/mol. The normalized spacial score (nSPS) is 11.7. The first-order chi connectivity index (χ1) is 10.6. The zero-order chi connectivity index (χ0) is 15.9. The zero-order valence-electron chi connectivity index (χ0n) is 12.5. The molecule has 1 heterocycles. The Labute approximate surface area is 133 Å². The van der Waals surface area contributed by atoms with Gasteiger partial charge in [-0.2, -0.15) is 5.26 Å². The number of rotatable bonds is 6. The van der Waals surface area contributed by atoms with Gasteiger partial charge in [-0.05, 0) is 31.5 Å². The summed E-state index contributed by atoms with van der Waals surface area (Å²) in [4.78, 5) is 17.1. The second-order valence-corrected chi connectivity index (χ2v) is 5.82. The Morgan fingerprint density at radius 1 is 1.45 bits per heavy atom. The first kappa shape index (κ1) is 16.1. The van der Waals surface area contributed by atoms with Crippen molar-refractivity contribution in [1.82, 2.24) is 4.98 Å². The van der Waals surface area contributed by atoms with Crippen LogP contribution in [-0.2, 0) is 16.0 Å². The minimum absolute atomic E-state index is 0.193. The number of benzene rings is 1. The van der Waals surface area contributed by atoms with Crippen LogP contribution in [0.3, 0.4) is 0 Å². The first-order valence-electron chi connectivity index (χ1n) is 6.98. The van der Waals surface area contributed by atoms with Gasteiger partial charge < -0.3 is 4.74 Å². The van der Waals surface area contributed by atoms with E-state index in [1.54, 1.807) is 25.3 Å². The minimum Gasteiger partial charge on any atom is -0.369 e. The number of amides is 1. The Hall–Kier alpha value is -2.23. The van der Waals surface area contributed by atoms with E-state index in [1.807, 2.05) is 19.1 Å². The van der Waals surface area contributed by atoms with Crippen molar-refractivity contribution in [3.63, 3.8) is 0 Å². The molecule has 1 aromatic heterocycles. The van der Waals surface area contributed by atoms with E-state index in [-0.39, 0.29) is 5.91 Å². The number of carbonyl (C=O) groups is 1. The summed E-state index contributed by atoms with van der Waals surface area (Å²) >= 11 is 1.44. The maximum Gasteiger partial charge on any atom is 0.254 e. The van der Waals surface area contributed by atoms with E-state index in [0.717, 1.165) is 16.9 Å². The smallest absolute Gasteiger partial charge is 0.254 e. The van der Waals surface area contributed by atoms with Gasteiger partial charge in [0, 0.05) is 24.1 Å². The Kier molecular flexibility index (Phi) is 5.64. The second-order valence-electron chi connectivity index (χ2n) is 4.70. The van der Waals surface area contributed by atoms with Crippen LogP contribution in [0, 0.1) is 11.3 Å². The molecule has 0 aliphatic carbocycles. The summed E-state index contributed by atoms with van der Waals surface area (Å²) in [7, 11) is 0. The molecule has 1 unspecified atom stereocenters. The Balaban J connectivity index is 1.96. The van der Waals surface area contributed by atoms with E-state index in [9.17, 15) is 4.79 Å². The second kappa shape index (κ2) is 7.69. The lowest BCUT2D eigenvalue weighted by Gasteiger charge is -2.09. The first-order valence-corrected chi connectivity index (χ1v) is 7.80. The summed E-state index contributed by atoms with van der Waals surface area (Å²) in [5.74, 6) is -0.193. The van der Waals surface area contributed by atoms with Gasteiger partial charge >= 0.3 is 0 Å². The molecule has 0 aliphatic heterocycles. The Morgan fingerprint density at radius 3 is 2.82 bits per heavy atom. The van der Waals surface area contributed by atoms with E-state index in [2.05, 4.69) is 16.4 Å². The monoisotopic (exact) mass is 315 g/mol. The third-order valence-electron chi connectivity index (χ3n) is 3.03. The number of nitrogens with one attached hydrogen (secondary N) is 1. The van der Waals surface area contributed by atoms with E-state index in [0.29, 0.717) is 17.3 Å². The molecule has 0 aliphatic rings. The molecule has 0 radical (unpaired) electrons. The summed E-state index contributed by atoms with van der Waals surface area (Å²) in [5.41, 5.74) is 1.74. The maximum absolute atomic E-state index is 11.8. The van der Waals surface area contributed by atoms with E-state index in [4.69, 9.17) is 10.00 Å². The topological polar surface area (TPSA) is 75.0 Å². The molecule has 0 saturated heterocycles. The fourth-order valence-electron chi connectivity index (χ4n) is 1.88. The van der Waals surface area contributed by atoms with Crippen molar-refractivity contribution in [2.24, 2.45) is 0 Å². The number of ether oxygens (including phenoxy) is 1. The van der Waals surface area contributed by atoms with Crippen molar-refractivity contribution in [2.75, 3.05) is 11.9 Å². The highest BCUT2D eigenvalue weighted by atomic mass is 32.1. The summed E-state index contributed by atoms with van der Waals surface area (Å²) in [6, 6.07) is 9.53. The van der Waals surface area contributed by atoms with Gasteiger partial charge in [-0.15, -0.1) is 11.3 Å². The maximum atomic E-state index is 11.8. The van der Waals surface area contributed by atoms with Crippen LogP contribution in [-0.4, -0.2) is 23.6 Å². The highest BCUT2D eigenvalue weighted by Crippen LogP contribution is 2.21. The van der Waals surface area contributed by atoms with Gasteiger partial charge in [0.05, 0.1) is 11.6 Å². The molecule has 1 N–H and O–H groups in total. The zero-order valence-corrected chi connectivity index (χ0v) is 13.3. The average Bonchev–Trinajstić information content (AvgIpc) is 2.95. The van der Waals surface area contributed by atoms with Crippen molar-refractivity contribution >= 4 is 22.4 Å². The fraction of sp³-hybridized carbons (Fsp3) is 0.312. The van der Waals surface area contributed by atoms with Crippen LogP contribution in [0.5, 0.6) is 0 Å². The number of anilines is 1. The van der Waals surface area contributed by atoms with Gasteiger partial charge in [0.15, 0.2) is 5.13 Å². The minimum atomic E-state index is -0.490. The van der Waals surface area contributed by atoms with Crippen LogP contribution in [0.1, 0.15) is 29.9 Å². The molecule has 6 heteroatoms. The van der Waals surface area contributed by atoms with E-state index in [1.165, 1.54) is 11.3 Å². The lowest BCUT2D eigenvalue weighted by molar-refractivity contribution is -0.126. The van der Waals surface area contributed by atoms with Gasteiger partial charge in [0.25, 0.3) is 5.91 Å². The summed E-state index contributed by atoms with van der Waals surface area (Å²) in [6.07, 6.45) is 1.99. The number of carbonyl (C=O) groups excluding carboxylic acids is 1. The molecule has 0 saturated carbocycles. The lowest BCUT2D eigenvalue weighted by Crippen LogP contribution is -2.27. The predicted octanol–water partition coefficient (Wildman–Crippen LogP) is 2.97. The molecular formula is C16H17N3O2S. The lowest BCUT2D eigenvalue weighted by atomic mass is 10.1. The van der Waals surface area contributed by atoms with Gasteiger partial charge in [-0.1, -0.05) is 12.1 Å². The summed E-state index contributed by atoms with van der Waals surface area (Å²) in [5, 5.41) is 12.1. The predicted molar refractivity (Wildman–Crippen MR) is 85.8 cm³/mol. The molecule has 5 nitrogen and oxygen atoms in total. The molecule has 2 rings (SSSR count). The SMILES string of the molecule is CCOC(C)C(=O)Nc1ncc(Cc2ccc(C#N)cc2)s1. The standard InChI is InChI=1S/C16H17N3O2S/c1-3-21-11(2)15(20)19-16-18-10-14(22-16)8-12-4-6-13(9-17)7-5-12/h4-7,10-11H,3,8H2,1-2H3,(H,18,19,20). The van der Waals surface area contributed by atoms with Crippen molar-refractivity contribution < 1.29 is 9.53 Å². The van der Waals surface area contributed by atoms with Crippen molar-refractivity contribution in [2.45, 2.75) is 26.4 Å². The summed E-state index contributed by atoms with van der Waals surface area (Å²) < 4.78 is 5.24. The molecule has 1 aromatic carbocycles. The van der Waals surface area contributed by atoms with Crippen molar-refractivity contribution in [3.05, 3.63) is 46.5 Å². The third kappa shape index (κ3) is 4.38. The molecule has 0 fully saturated rings. The van der Waals surface area contributed by atoms with Crippen LogP contribution in [0.4, 0.5) is 5.13 Å². The molecule has 0 spiro atoms. The number of thiazole rings is 1. The van der Waals surface area contributed by atoms with Crippen molar-refractivity contribution in [3.8, 4) is 6.07 Å². The molecule has 1 amide bonds. The molecule has 22 heavy (non-hydrogen) atoms. The van der Waals surface area contributed by atoms with Crippen LogP contribution in [0.25, 0.3) is 0 Å². The molecule has 0 bridgehead atoms. The number of hydrogen-bond donors (Lipinski definition) is 1. The highest BCUT2D eigenvalue weighted by molar-refractivity contribution is 7.15. The molecular weight excluding hydrogens is 298 g/mol. The fourth-order valence-corrected chi connectivity index (χ4v) is 2.73. The molecule has 1 atom stereocenters. The van der Waals surface area contributed by atoms with Crippen LogP contribution in [0.2, 0.25) is 0 Å². The van der Waals surface area contributed by atoms with E-state index < -0.39 is 6.10 Å². The van der Waals surface area contributed by atoms with Gasteiger partial charge in [0.1, 0.15) is 6.10 Å². The van der Waals surface area contributed by atoms with Gasteiger partial charge in [-0.25, -0.2) is 4.98 Å². The Morgan fingerprint density at radius 2 is 2.18 bits per heavy atom. The Bertz CT molecular complexity index is 673. The van der Waals surface area contributed by atoms with E-state index >= 15 is 0 Å². The van der Waals surface area contributed by atoms with Crippen LogP contribution < -0.4 is 5.32 Å². The molecule has 2 aromatic rings. The largest absolute Gasteiger partial charge is 0.369 e. The third-order valence-corrected chi connectivity index (χ3v) is 3.94. The number of aromatic nitrogens is 1. The number of hydrogen-bond acceptors (Lipinski definition) is 5. The summed E-state index contributed by atoms with van der Waals surface area (Å²) in [6.45, 7) is 4.06. The quantitative estimate of drug-likeness (QED) is 0.889. The van der Waals surface area contributed by atoms with Crippen LogP contribution in [0.15, 0.2) is 30.5 Å². The number of nitrogens with zero attached hydrogens (tertiary/aromatic N) is 2. The van der Waals surface area contributed by atoms with Gasteiger partial charge in [0.2, 0.25) is 0 Å². The number of nitriles is 1. The highest BCUT2D eigenvalue weighted by Gasteiger charge is 2.14. The molecule has 114 valence electrons. The van der Waals surface area contributed by atoms with Crippen LogP contribution >= 0.6 is 11.3 Å². The van der Waals surface area contributed by atoms with Gasteiger partial charge in [-0.3, -0.25) is 10.1 Å². The van der Waals surface area contributed by atoms with Crippen molar-refractivity contribution in [1.29, 1.82) is 5.26 Å².